The summed E-state index contributed by atoms with van der Waals surface area (Å²) in [6, 6.07) is 8.07. The summed E-state index contributed by atoms with van der Waals surface area (Å²) in [5.74, 6) is 0.914. The lowest BCUT2D eigenvalue weighted by Gasteiger charge is -2.16. The van der Waals surface area contributed by atoms with Crippen LogP contribution in [0.1, 0.15) is 23.4 Å². The highest BCUT2D eigenvalue weighted by Gasteiger charge is 2.26. The van der Waals surface area contributed by atoms with Gasteiger partial charge in [0.1, 0.15) is 17.8 Å². The van der Waals surface area contributed by atoms with E-state index in [1.54, 1.807) is 24.7 Å². The number of imidazole rings is 1. The number of amides is 1. The van der Waals surface area contributed by atoms with Gasteiger partial charge in [-0.15, -0.1) is 0 Å². The Hall–Kier alpha value is -3.09. The van der Waals surface area contributed by atoms with Crippen molar-refractivity contribution in [3.63, 3.8) is 0 Å². The van der Waals surface area contributed by atoms with Crippen LogP contribution in [0.2, 0.25) is 0 Å². The highest BCUT2D eigenvalue weighted by Crippen LogP contribution is 2.22. The summed E-state index contributed by atoms with van der Waals surface area (Å²) in [5.41, 5.74) is 3.56. The zero-order valence-electron chi connectivity index (χ0n) is 15.7. The topological polar surface area (TPSA) is 74.8 Å². The van der Waals surface area contributed by atoms with Gasteiger partial charge in [-0.05, 0) is 49.4 Å². The Balaban J connectivity index is 1.35. The van der Waals surface area contributed by atoms with Gasteiger partial charge in [0.25, 0.3) is 0 Å². The minimum atomic E-state index is -0.286. The van der Waals surface area contributed by atoms with E-state index in [1.165, 1.54) is 12.1 Å². The lowest BCUT2D eigenvalue weighted by Crippen LogP contribution is -2.30. The summed E-state index contributed by atoms with van der Waals surface area (Å²) in [6.45, 7) is 3.42. The predicted octanol–water partition coefficient (Wildman–Crippen LogP) is 2.95. The van der Waals surface area contributed by atoms with E-state index in [9.17, 15) is 9.18 Å². The minimum Gasteiger partial charge on any atom is -0.342 e. The summed E-state index contributed by atoms with van der Waals surface area (Å²) in [4.78, 5) is 30.6. The van der Waals surface area contributed by atoms with Gasteiger partial charge in [-0.1, -0.05) is 12.1 Å². The number of benzene rings is 1. The predicted molar refractivity (Wildman–Crippen MR) is 103 cm³/mol. The van der Waals surface area contributed by atoms with Crippen molar-refractivity contribution < 1.29 is 9.18 Å². The minimum absolute atomic E-state index is 0.0866. The number of aromatic amines is 1. The smallest absolute Gasteiger partial charge is 0.226 e. The molecular formula is C21H22FN5O. The van der Waals surface area contributed by atoms with Crippen molar-refractivity contribution in [1.29, 1.82) is 0 Å². The molecule has 7 heteroatoms. The number of halogens is 1. The van der Waals surface area contributed by atoms with Crippen molar-refractivity contribution in [1.82, 2.24) is 24.8 Å². The molecule has 1 fully saturated rings. The summed E-state index contributed by atoms with van der Waals surface area (Å²) >= 11 is 0. The molecule has 1 amide bonds. The number of aromatic nitrogens is 4. The maximum Gasteiger partial charge on any atom is 0.226 e. The van der Waals surface area contributed by atoms with Crippen molar-refractivity contribution in [3.05, 3.63) is 65.6 Å². The first-order chi connectivity index (χ1) is 13.6. The Morgan fingerprint density at radius 1 is 1.25 bits per heavy atom. The van der Waals surface area contributed by atoms with Gasteiger partial charge < -0.3 is 9.88 Å². The second-order valence-electron chi connectivity index (χ2n) is 7.31. The number of nitrogens with zero attached hydrogens (tertiary/aromatic N) is 4. The average Bonchev–Trinajstić information content (AvgIpc) is 3.33. The Morgan fingerprint density at radius 2 is 2.07 bits per heavy atom. The highest BCUT2D eigenvalue weighted by atomic mass is 19.1. The van der Waals surface area contributed by atoms with Gasteiger partial charge in [0.2, 0.25) is 5.91 Å². The molecule has 0 aliphatic carbocycles. The van der Waals surface area contributed by atoms with Crippen molar-refractivity contribution >= 4 is 5.91 Å². The van der Waals surface area contributed by atoms with Crippen LogP contribution in [0.5, 0.6) is 0 Å². The molecule has 3 aromatic rings. The number of hydrogen-bond acceptors (Lipinski definition) is 4. The Bertz CT molecular complexity index is 969. The molecule has 144 valence electrons. The van der Waals surface area contributed by atoms with Gasteiger partial charge in [-0.25, -0.2) is 19.3 Å². The number of aryl methyl sites for hydroxylation is 1. The molecule has 0 saturated carbocycles. The first kappa shape index (κ1) is 18.3. The Morgan fingerprint density at radius 3 is 2.82 bits per heavy atom. The zero-order valence-corrected chi connectivity index (χ0v) is 15.7. The standard InChI is InChI=1S/C21H22FN5O/c1-14-11-23-21(26-14)19-10-18(24-13-25-19)8-16-6-7-27(12-16)20(28)9-15-2-4-17(22)5-3-15/h2-5,10-11,13,16H,6-9,12H2,1H3,(H,23,26)/t16-/m0/s1. The third kappa shape index (κ3) is 4.24. The van der Waals surface area contributed by atoms with Crippen LogP contribution in [0.3, 0.4) is 0 Å². The monoisotopic (exact) mass is 379 g/mol. The normalized spacial score (nSPS) is 16.5. The molecule has 0 spiro atoms. The third-order valence-corrected chi connectivity index (χ3v) is 5.07. The molecule has 1 aromatic carbocycles. The van der Waals surface area contributed by atoms with Gasteiger partial charge in [0.05, 0.1) is 6.42 Å². The molecular weight excluding hydrogens is 357 g/mol. The van der Waals surface area contributed by atoms with Crippen molar-refractivity contribution in [2.45, 2.75) is 26.2 Å². The SMILES string of the molecule is Cc1cnc(-c2cc(C[C@@H]3CCN(C(=O)Cc4ccc(F)cc4)C3)ncn2)[nH]1. The highest BCUT2D eigenvalue weighted by molar-refractivity contribution is 5.79. The maximum atomic E-state index is 13.0. The van der Waals surface area contributed by atoms with E-state index >= 15 is 0 Å². The molecule has 1 aliphatic rings. The summed E-state index contributed by atoms with van der Waals surface area (Å²) in [6.07, 6.45) is 5.40. The molecule has 1 aliphatic heterocycles. The fraction of sp³-hybridized carbons (Fsp3) is 0.333. The van der Waals surface area contributed by atoms with Gasteiger partial charge in [0.15, 0.2) is 5.82 Å². The summed E-state index contributed by atoms with van der Waals surface area (Å²) in [7, 11) is 0. The van der Waals surface area contributed by atoms with Crippen LogP contribution in [-0.4, -0.2) is 43.8 Å². The quantitative estimate of drug-likeness (QED) is 0.740. The second-order valence-corrected chi connectivity index (χ2v) is 7.31. The van der Waals surface area contributed by atoms with E-state index in [4.69, 9.17) is 0 Å². The third-order valence-electron chi connectivity index (χ3n) is 5.07. The largest absolute Gasteiger partial charge is 0.342 e. The van der Waals surface area contributed by atoms with Gasteiger partial charge in [-0.2, -0.15) is 0 Å². The van der Waals surface area contributed by atoms with E-state index in [0.717, 1.165) is 54.4 Å². The van der Waals surface area contributed by atoms with E-state index in [-0.39, 0.29) is 11.7 Å². The van der Waals surface area contributed by atoms with E-state index in [2.05, 4.69) is 19.9 Å². The van der Waals surface area contributed by atoms with Gasteiger partial charge in [0, 0.05) is 30.7 Å². The summed E-state index contributed by atoms with van der Waals surface area (Å²) in [5, 5.41) is 0. The van der Waals surface area contributed by atoms with Crippen molar-refractivity contribution in [3.8, 4) is 11.5 Å². The average molecular weight is 379 g/mol. The fourth-order valence-corrected chi connectivity index (χ4v) is 3.59. The van der Waals surface area contributed by atoms with Crippen LogP contribution >= 0.6 is 0 Å². The number of rotatable bonds is 5. The molecule has 3 heterocycles. The van der Waals surface area contributed by atoms with E-state index in [1.807, 2.05) is 17.9 Å². The number of likely N-dealkylation sites (tertiary alicyclic amines) is 1. The van der Waals surface area contributed by atoms with Gasteiger partial charge >= 0.3 is 0 Å². The molecule has 28 heavy (non-hydrogen) atoms. The van der Waals surface area contributed by atoms with E-state index in [0.29, 0.717) is 12.3 Å². The van der Waals surface area contributed by atoms with Crippen LogP contribution in [0.15, 0.2) is 42.9 Å². The Labute approximate surface area is 162 Å². The maximum absolute atomic E-state index is 13.0. The van der Waals surface area contributed by atoms with Crippen LogP contribution < -0.4 is 0 Å². The molecule has 0 radical (unpaired) electrons. The lowest BCUT2D eigenvalue weighted by molar-refractivity contribution is -0.129. The van der Waals surface area contributed by atoms with Crippen LogP contribution in [0.25, 0.3) is 11.5 Å². The zero-order chi connectivity index (χ0) is 19.5. The molecule has 2 aromatic heterocycles. The second kappa shape index (κ2) is 7.88. The van der Waals surface area contributed by atoms with Gasteiger partial charge in [-0.3, -0.25) is 4.79 Å². The number of carbonyl (C=O) groups excluding carboxylic acids is 1. The molecule has 0 bridgehead atoms. The lowest BCUT2D eigenvalue weighted by atomic mass is 10.0. The number of carbonyl (C=O) groups is 1. The van der Waals surface area contributed by atoms with E-state index < -0.39 is 0 Å². The number of H-pyrrole nitrogens is 1. The summed E-state index contributed by atoms with van der Waals surface area (Å²) < 4.78 is 13.0. The number of nitrogens with one attached hydrogen (secondary N) is 1. The van der Waals surface area contributed by atoms with Crippen molar-refractivity contribution in [2.24, 2.45) is 5.92 Å². The number of hydrogen-bond donors (Lipinski definition) is 1. The van der Waals surface area contributed by atoms with Crippen molar-refractivity contribution in [2.75, 3.05) is 13.1 Å². The van der Waals surface area contributed by atoms with Crippen LogP contribution in [-0.2, 0) is 17.6 Å². The molecule has 4 rings (SSSR count). The molecule has 1 atom stereocenters. The first-order valence-electron chi connectivity index (χ1n) is 9.42. The molecule has 1 N–H and O–H groups in total. The Kier molecular flexibility index (Phi) is 5.14. The van der Waals surface area contributed by atoms with Crippen LogP contribution in [0, 0.1) is 18.7 Å². The molecule has 1 saturated heterocycles. The molecule has 6 nitrogen and oxygen atoms in total. The first-order valence-corrected chi connectivity index (χ1v) is 9.42. The molecule has 0 unspecified atom stereocenters. The van der Waals surface area contributed by atoms with Crippen LogP contribution in [0.4, 0.5) is 4.39 Å². The fourth-order valence-electron chi connectivity index (χ4n) is 3.59.